The van der Waals surface area contributed by atoms with Crippen LogP contribution < -0.4 is 11.2 Å². The fourth-order valence-electron chi connectivity index (χ4n) is 2.11. The van der Waals surface area contributed by atoms with E-state index in [1.165, 1.54) is 0 Å². The van der Waals surface area contributed by atoms with Crippen molar-refractivity contribution in [3.05, 3.63) is 32.8 Å². The summed E-state index contributed by atoms with van der Waals surface area (Å²) < 4.78 is 0. The predicted octanol–water partition coefficient (Wildman–Crippen LogP) is 1.96. The molecule has 0 aromatic heterocycles. The first-order chi connectivity index (χ1) is 9.49. The van der Waals surface area contributed by atoms with Crippen molar-refractivity contribution in [3.63, 3.8) is 0 Å². The van der Waals surface area contributed by atoms with E-state index in [-0.39, 0.29) is 22.0 Å². The third kappa shape index (κ3) is 3.17. The first-order valence-electron chi connectivity index (χ1n) is 6.28. The molecule has 8 heteroatoms. The summed E-state index contributed by atoms with van der Waals surface area (Å²) in [5.41, 5.74) is 8.24. The molecule has 0 unspecified atom stereocenters. The van der Waals surface area contributed by atoms with Gasteiger partial charge in [0, 0.05) is 25.2 Å². The van der Waals surface area contributed by atoms with Gasteiger partial charge in [-0.2, -0.15) is 0 Å². The topological polar surface area (TPSA) is 101 Å². The minimum atomic E-state index is -0.608. The van der Waals surface area contributed by atoms with Crippen LogP contribution in [0.15, 0.2) is 12.1 Å². The van der Waals surface area contributed by atoms with Crippen LogP contribution in [0.3, 0.4) is 0 Å². The zero-order chi connectivity index (χ0) is 14.7. The van der Waals surface area contributed by atoms with Gasteiger partial charge in [0.15, 0.2) is 0 Å². The average molecular weight is 299 g/mol. The monoisotopic (exact) mass is 298 g/mol. The number of hydrogen-bond donors (Lipinski definition) is 2. The molecular formula is C12H15ClN4O3. The maximum absolute atomic E-state index is 12.1. The Morgan fingerprint density at radius 2 is 2.00 bits per heavy atom. The molecule has 0 atom stereocenters. The Balaban J connectivity index is 2.21. The van der Waals surface area contributed by atoms with Crippen LogP contribution in [0, 0.1) is 10.1 Å². The molecule has 0 radical (unpaired) electrons. The van der Waals surface area contributed by atoms with Crippen LogP contribution in [-0.4, -0.2) is 28.9 Å². The van der Waals surface area contributed by atoms with Gasteiger partial charge in [-0.1, -0.05) is 18.0 Å². The molecule has 0 bridgehead atoms. The van der Waals surface area contributed by atoms with Gasteiger partial charge < -0.3 is 5.73 Å². The van der Waals surface area contributed by atoms with Crippen LogP contribution >= 0.6 is 11.6 Å². The highest BCUT2D eigenvalue weighted by Crippen LogP contribution is 2.28. The van der Waals surface area contributed by atoms with Gasteiger partial charge in [-0.3, -0.25) is 20.3 Å². The number of rotatable bonds is 3. The number of nitro groups is 1. The minimum absolute atomic E-state index is 0.00277. The first-order valence-corrected chi connectivity index (χ1v) is 6.66. The maximum Gasteiger partial charge on any atom is 0.271 e. The summed E-state index contributed by atoms with van der Waals surface area (Å²) >= 11 is 5.83. The van der Waals surface area contributed by atoms with E-state index in [0.29, 0.717) is 0 Å². The summed E-state index contributed by atoms with van der Waals surface area (Å²) in [7, 11) is 0. The van der Waals surface area contributed by atoms with Crippen molar-refractivity contribution in [3.8, 4) is 0 Å². The fraction of sp³-hybridized carbons (Fsp3) is 0.417. The van der Waals surface area contributed by atoms with Crippen molar-refractivity contribution in [1.29, 1.82) is 0 Å². The lowest BCUT2D eigenvalue weighted by atomic mass is 10.1. The number of hydrazine groups is 1. The lowest BCUT2D eigenvalue weighted by Gasteiger charge is -2.27. The number of nitrogens with two attached hydrogens (primary N) is 1. The molecule has 20 heavy (non-hydrogen) atoms. The molecule has 108 valence electrons. The number of nitrogen functional groups attached to an aromatic ring is 1. The summed E-state index contributed by atoms with van der Waals surface area (Å²) in [5, 5.41) is 12.6. The predicted molar refractivity (Wildman–Crippen MR) is 75.4 cm³/mol. The highest BCUT2D eigenvalue weighted by molar-refractivity contribution is 6.34. The Morgan fingerprint density at radius 3 is 2.60 bits per heavy atom. The van der Waals surface area contributed by atoms with E-state index >= 15 is 0 Å². The van der Waals surface area contributed by atoms with Crippen LogP contribution in [-0.2, 0) is 0 Å². The number of amides is 1. The molecule has 0 saturated carbocycles. The third-order valence-corrected chi connectivity index (χ3v) is 3.50. The fourth-order valence-corrected chi connectivity index (χ4v) is 2.32. The largest absolute Gasteiger partial charge is 0.397 e. The Kier molecular flexibility index (Phi) is 4.41. The van der Waals surface area contributed by atoms with Gasteiger partial charge in [-0.15, -0.1) is 0 Å². The van der Waals surface area contributed by atoms with E-state index < -0.39 is 10.8 Å². The van der Waals surface area contributed by atoms with E-state index in [9.17, 15) is 14.9 Å². The molecular weight excluding hydrogens is 284 g/mol. The van der Waals surface area contributed by atoms with Gasteiger partial charge >= 0.3 is 0 Å². The zero-order valence-corrected chi connectivity index (χ0v) is 11.5. The van der Waals surface area contributed by atoms with Gasteiger partial charge in [-0.25, -0.2) is 5.01 Å². The van der Waals surface area contributed by atoms with E-state index in [1.807, 2.05) is 0 Å². The van der Waals surface area contributed by atoms with Crippen LogP contribution in [0.4, 0.5) is 11.4 Å². The van der Waals surface area contributed by atoms with Gasteiger partial charge in [0.1, 0.15) is 0 Å². The number of benzene rings is 1. The number of anilines is 1. The van der Waals surface area contributed by atoms with Crippen molar-refractivity contribution in [2.45, 2.75) is 19.3 Å². The Hall–Kier alpha value is -1.86. The summed E-state index contributed by atoms with van der Waals surface area (Å²) in [6.45, 7) is 1.52. The Bertz CT molecular complexity index is 544. The number of non-ortho nitro benzene ring substituents is 1. The summed E-state index contributed by atoms with van der Waals surface area (Å²) in [6, 6.07) is 2.27. The van der Waals surface area contributed by atoms with Crippen LogP contribution in [0.2, 0.25) is 5.02 Å². The lowest BCUT2D eigenvalue weighted by Crippen LogP contribution is -2.45. The Morgan fingerprint density at radius 1 is 1.35 bits per heavy atom. The second-order valence-electron chi connectivity index (χ2n) is 4.63. The van der Waals surface area contributed by atoms with Crippen molar-refractivity contribution in [1.82, 2.24) is 10.4 Å². The average Bonchev–Trinajstić information content (AvgIpc) is 2.42. The molecule has 3 N–H and O–H groups in total. The van der Waals surface area contributed by atoms with E-state index in [2.05, 4.69) is 5.43 Å². The minimum Gasteiger partial charge on any atom is -0.397 e. The molecule has 0 aliphatic carbocycles. The van der Waals surface area contributed by atoms with Crippen LogP contribution in [0.5, 0.6) is 0 Å². The molecule has 2 rings (SSSR count). The molecule has 1 aliphatic heterocycles. The quantitative estimate of drug-likeness (QED) is 0.504. The second kappa shape index (κ2) is 6.06. The molecule has 1 fully saturated rings. The number of nitro benzene ring substituents is 1. The summed E-state index contributed by atoms with van der Waals surface area (Å²) in [6.07, 6.45) is 3.15. The number of piperidine rings is 1. The number of halogens is 1. The number of carbonyl (C=O) groups excluding carboxylic acids is 1. The smallest absolute Gasteiger partial charge is 0.271 e. The molecule has 1 heterocycles. The molecule has 1 aromatic rings. The normalized spacial score (nSPS) is 15.8. The summed E-state index contributed by atoms with van der Waals surface area (Å²) in [4.78, 5) is 22.3. The maximum atomic E-state index is 12.1. The molecule has 1 saturated heterocycles. The first kappa shape index (κ1) is 14.5. The third-order valence-electron chi connectivity index (χ3n) is 3.19. The highest BCUT2D eigenvalue weighted by atomic mass is 35.5. The molecule has 1 amide bonds. The molecule has 7 nitrogen and oxygen atoms in total. The summed E-state index contributed by atoms with van der Waals surface area (Å²) in [5.74, 6) is -0.477. The highest BCUT2D eigenvalue weighted by Gasteiger charge is 2.21. The SMILES string of the molecule is Nc1c(Cl)cc([N+](=O)[O-])cc1C(=O)NN1CCCCC1. The van der Waals surface area contributed by atoms with Crippen molar-refractivity contribution in [2.24, 2.45) is 0 Å². The van der Waals surface area contributed by atoms with Crippen LogP contribution in [0.1, 0.15) is 29.6 Å². The second-order valence-corrected chi connectivity index (χ2v) is 5.04. The van der Waals surface area contributed by atoms with E-state index in [4.69, 9.17) is 17.3 Å². The van der Waals surface area contributed by atoms with Crippen LogP contribution in [0.25, 0.3) is 0 Å². The zero-order valence-electron chi connectivity index (χ0n) is 10.8. The van der Waals surface area contributed by atoms with Gasteiger partial charge in [0.2, 0.25) is 0 Å². The number of nitrogens with one attached hydrogen (secondary N) is 1. The van der Waals surface area contributed by atoms with Crippen molar-refractivity contribution >= 4 is 28.9 Å². The Labute approximate surface area is 120 Å². The molecule has 0 spiro atoms. The number of nitrogens with zero attached hydrogens (tertiary/aromatic N) is 2. The van der Waals surface area contributed by atoms with E-state index in [1.54, 1.807) is 5.01 Å². The molecule has 1 aliphatic rings. The van der Waals surface area contributed by atoms with Crippen molar-refractivity contribution in [2.75, 3.05) is 18.8 Å². The standard InChI is InChI=1S/C12H15ClN4O3/c13-10-7-8(17(19)20)6-9(11(10)14)12(18)15-16-4-2-1-3-5-16/h6-7H,1-5,14H2,(H,15,18). The molecule has 1 aromatic carbocycles. The number of hydrogen-bond acceptors (Lipinski definition) is 5. The van der Waals surface area contributed by atoms with Gasteiger partial charge in [-0.05, 0) is 12.8 Å². The van der Waals surface area contributed by atoms with Gasteiger partial charge in [0.05, 0.1) is 21.2 Å². The van der Waals surface area contributed by atoms with Gasteiger partial charge in [0.25, 0.3) is 11.6 Å². The van der Waals surface area contributed by atoms with E-state index in [0.717, 1.165) is 44.5 Å². The number of carbonyl (C=O) groups is 1. The lowest BCUT2D eigenvalue weighted by molar-refractivity contribution is -0.384. The van der Waals surface area contributed by atoms with Crippen molar-refractivity contribution < 1.29 is 9.72 Å².